The highest BCUT2D eigenvalue weighted by Crippen LogP contribution is 2.41. The Morgan fingerprint density at radius 2 is 1.92 bits per heavy atom. The number of carboxylic acid groups (broad SMARTS) is 1. The van der Waals surface area contributed by atoms with Crippen LogP contribution in [-0.4, -0.2) is 25.6 Å². The predicted octanol–water partition coefficient (Wildman–Crippen LogP) is 4.80. The Morgan fingerprint density at radius 1 is 1.33 bits per heavy atom. The van der Waals surface area contributed by atoms with Crippen LogP contribution in [0.25, 0.3) is 0 Å². The molecule has 1 aromatic rings. The Kier molecular flexibility index (Phi) is 7.06. The first kappa shape index (κ1) is 20.3. The SMILES string of the molecule is C#CCC[C@@H](NC(=O)O)[C@H](O[Si](C)(C)C(C)(C)C)c1ccccc1. The van der Waals surface area contributed by atoms with E-state index in [4.69, 9.17) is 10.8 Å². The van der Waals surface area contributed by atoms with E-state index >= 15 is 0 Å². The molecule has 5 heteroatoms. The summed E-state index contributed by atoms with van der Waals surface area (Å²) in [6.07, 6.45) is 5.01. The molecule has 0 aliphatic carbocycles. The summed E-state index contributed by atoms with van der Waals surface area (Å²) >= 11 is 0. The second-order valence-corrected chi connectivity index (χ2v) is 12.3. The largest absolute Gasteiger partial charge is 0.465 e. The summed E-state index contributed by atoms with van der Waals surface area (Å²) in [4.78, 5) is 11.3. The van der Waals surface area contributed by atoms with Gasteiger partial charge < -0.3 is 14.8 Å². The van der Waals surface area contributed by atoms with Crippen molar-refractivity contribution in [1.82, 2.24) is 5.32 Å². The van der Waals surface area contributed by atoms with Crippen molar-refractivity contribution in [3.8, 4) is 12.3 Å². The Hall–Kier alpha value is -1.77. The van der Waals surface area contributed by atoms with Crippen LogP contribution in [-0.2, 0) is 4.43 Å². The topological polar surface area (TPSA) is 58.6 Å². The number of amides is 1. The molecule has 4 nitrogen and oxygen atoms in total. The molecular weight excluding hydrogens is 318 g/mol. The molecule has 1 rings (SSSR count). The van der Waals surface area contributed by atoms with Crippen LogP contribution < -0.4 is 5.32 Å². The number of nitrogens with one attached hydrogen (secondary N) is 1. The van der Waals surface area contributed by atoms with Crippen LogP contribution in [0.15, 0.2) is 30.3 Å². The van der Waals surface area contributed by atoms with Crippen LogP contribution in [0.1, 0.15) is 45.3 Å². The number of carbonyl (C=O) groups is 1. The van der Waals surface area contributed by atoms with Crippen molar-refractivity contribution < 1.29 is 14.3 Å². The molecule has 1 amide bonds. The lowest BCUT2D eigenvalue weighted by molar-refractivity contribution is 0.124. The second kappa shape index (κ2) is 8.36. The van der Waals surface area contributed by atoms with Crippen molar-refractivity contribution in [2.24, 2.45) is 0 Å². The van der Waals surface area contributed by atoms with Crippen molar-refractivity contribution in [3.05, 3.63) is 35.9 Å². The molecule has 2 atom stereocenters. The van der Waals surface area contributed by atoms with Crippen LogP contribution in [0.3, 0.4) is 0 Å². The maximum atomic E-state index is 11.3. The number of hydrogen-bond acceptors (Lipinski definition) is 2. The van der Waals surface area contributed by atoms with Crippen LogP contribution in [0.5, 0.6) is 0 Å². The van der Waals surface area contributed by atoms with E-state index in [2.05, 4.69) is 45.1 Å². The third kappa shape index (κ3) is 5.70. The lowest BCUT2D eigenvalue weighted by Crippen LogP contribution is -2.47. The molecule has 1 aromatic carbocycles. The van der Waals surface area contributed by atoms with E-state index in [9.17, 15) is 9.90 Å². The van der Waals surface area contributed by atoms with E-state index in [1.807, 2.05) is 30.3 Å². The molecule has 0 saturated carbocycles. The molecule has 0 spiro atoms. The van der Waals surface area contributed by atoms with Gasteiger partial charge in [0.2, 0.25) is 0 Å². The average Bonchev–Trinajstić information content (AvgIpc) is 2.48. The summed E-state index contributed by atoms with van der Waals surface area (Å²) in [6, 6.07) is 9.39. The van der Waals surface area contributed by atoms with Crippen LogP contribution >= 0.6 is 0 Å². The van der Waals surface area contributed by atoms with Gasteiger partial charge in [-0.3, -0.25) is 0 Å². The van der Waals surface area contributed by atoms with Gasteiger partial charge in [-0.1, -0.05) is 51.1 Å². The van der Waals surface area contributed by atoms with E-state index in [1.54, 1.807) is 0 Å². The lowest BCUT2D eigenvalue weighted by atomic mass is 9.98. The number of terminal acetylenes is 1. The van der Waals surface area contributed by atoms with Gasteiger partial charge in [0.25, 0.3) is 0 Å². The van der Waals surface area contributed by atoms with Crippen molar-refractivity contribution >= 4 is 14.4 Å². The first-order valence-corrected chi connectivity index (χ1v) is 11.1. The number of hydrogen-bond donors (Lipinski definition) is 2. The standard InChI is InChI=1S/C19H29NO3Si/c1-7-8-14-16(20-18(21)22)17(15-12-10-9-11-13-15)23-24(5,6)19(2,3)4/h1,9-13,16-17,20H,8,14H2,2-6H3,(H,21,22)/t16-,17-/m1/s1. The summed E-state index contributed by atoms with van der Waals surface area (Å²) in [5.74, 6) is 2.59. The highest BCUT2D eigenvalue weighted by atomic mass is 28.4. The van der Waals surface area contributed by atoms with Crippen LogP contribution in [0.2, 0.25) is 18.1 Å². The fourth-order valence-corrected chi connectivity index (χ4v) is 3.50. The molecule has 2 N–H and O–H groups in total. The van der Waals surface area contributed by atoms with Crippen molar-refractivity contribution in [1.29, 1.82) is 0 Å². The molecule has 0 aliphatic heterocycles. The first-order chi connectivity index (χ1) is 11.1. The lowest BCUT2D eigenvalue weighted by Gasteiger charge is -2.41. The Labute approximate surface area is 146 Å². The quantitative estimate of drug-likeness (QED) is 0.550. The zero-order valence-electron chi connectivity index (χ0n) is 15.3. The molecule has 0 unspecified atom stereocenters. The highest BCUT2D eigenvalue weighted by Gasteiger charge is 2.41. The fraction of sp³-hybridized carbons (Fsp3) is 0.526. The molecule has 0 aliphatic rings. The highest BCUT2D eigenvalue weighted by molar-refractivity contribution is 6.74. The minimum absolute atomic E-state index is 0.0277. The van der Waals surface area contributed by atoms with E-state index in [-0.39, 0.29) is 17.2 Å². The van der Waals surface area contributed by atoms with Crippen molar-refractivity contribution in [3.63, 3.8) is 0 Å². The van der Waals surface area contributed by atoms with Gasteiger partial charge in [-0.15, -0.1) is 12.3 Å². The molecular formula is C19H29NO3Si. The summed E-state index contributed by atoms with van der Waals surface area (Å²) in [7, 11) is -2.09. The molecule has 0 aromatic heterocycles. The van der Waals surface area contributed by atoms with Gasteiger partial charge in [-0.25, -0.2) is 4.79 Å². The summed E-state index contributed by atoms with van der Waals surface area (Å²) in [5, 5.41) is 11.9. The third-order valence-corrected chi connectivity index (χ3v) is 9.09. The molecule has 132 valence electrons. The Bertz CT molecular complexity index is 573. The molecule has 24 heavy (non-hydrogen) atoms. The zero-order valence-corrected chi connectivity index (χ0v) is 16.3. The smallest absolute Gasteiger partial charge is 0.404 e. The van der Waals surface area contributed by atoms with Crippen LogP contribution in [0.4, 0.5) is 4.79 Å². The normalized spacial score (nSPS) is 14.5. The molecule has 0 bridgehead atoms. The maximum absolute atomic E-state index is 11.3. The minimum atomic E-state index is -2.09. The van der Waals surface area contributed by atoms with E-state index in [1.165, 1.54) is 0 Å². The van der Waals surface area contributed by atoms with E-state index in [0.717, 1.165) is 5.56 Å². The summed E-state index contributed by atoms with van der Waals surface area (Å²) in [5.41, 5.74) is 0.970. The average molecular weight is 348 g/mol. The van der Waals surface area contributed by atoms with Gasteiger partial charge in [-0.05, 0) is 30.1 Å². The number of rotatable bonds is 7. The van der Waals surface area contributed by atoms with Crippen molar-refractivity contribution in [2.45, 2.75) is 63.9 Å². The Morgan fingerprint density at radius 3 is 2.38 bits per heavy atom. The first-order valence-electron chi connectivity index (χ1n) is 8.24. The maximum Gasteiger partial charge on any atom is 0.404 e. The van der Waals surface area contributed by atoms with E-state index < -0.39 is 14.4 Å². The summed E-state index contributed by atoms with van der Waals surface area (Å²) in [6.45, 7) is 10.8. The zero-order chi connectivity index (χ0) is 18.4. The van der Waals surface area contributed by atoms with Gasteiger partial charge in [0, 0.05) is 6.42 Å². The van der Waals surface area contributed by atoms with Gasteiger partial charge in [0.1, 0.15) is 0 Å². The van der Waals surface area contributed by atoms with Crippen molar-refractivity contribution in [2.75, 3.05) is 0 Å². The molecule has 0 radical (unpaired) electrons. The van der Waals surface area contributed by atoms with Gasteiger partial charge in [-0.2, -0.15) is 0 Å². The minimum Gasteiger partial charge on any atom is -0.465 e. The van der Waals surface area contributed by atoms with Crippen LogP contribution in [0, 0.1) is 12.3 Å². The second-order valence-electron chi connectivity index (χ2n) is 7.51. The van der Waals surface area contributed by atoms with Gasteiger partial charge >= 0.3 is 6.09 Å². The monoisotopic (exact) mass is 347 g/mol. The fourth-order valence-electron chi connectivity index (χ4n) is 2.22. The van der Waals surface area contributed by atoms with Gasteiger partial charge in [0.15, 0.2) is 8.32 Å². The third-order valence-electron chi connectivity index (χ3n) is 4.63. The van der Waals surface area contributed by atoms with E-state index in [0.29, 0.717) is 12.8 Å². The number of benzene rings is 1. The Balaban J connectivity index is 3.21. The summed E-state index contributed by atoms with van der Waals surface area (Å²) < 4.78 is 6.59. The predicted molar refractivity (Wildman–Crippen MR) is 100 cm³/mol. The molecule has 0 fully saturated rings. The molecule has 0 saturated heterocycles. The van der Waals surface area contributed by atoms with Gasteiger partial charge in [0.05, 0.1) is 12.1 Å². The molecule has 0 heterocycles.